The molecule has 0 saturated carbocycles. The highest BCUT2D eigenvalue weighted by Gasteiger charge is 2.30. The summed E-state index contributed by atoms with van der Waals surface area (Å²) in [5.74, 6) is 0.170. The molecule has 1 aliphatic heterocycles. The fourth-order valence-corrected chi connectivity index (χ4v) is 3.54. The van der Waals surface area contributed by atoms with Gasteiger partial charge in [-0.3, -0.25) is 9.69 Å². The summed E-state index contributed by atoms with van der Waals surface area (Å²) in [6.45, 7) is 10.6. The summed E-state index contributed by atoms with van der Waals surface area (Å²) in [5, 5.41) is 3.19. The van der Waals surface area contributed by atoms with E-state index in [9.17, 15) is 4.79 Å². The Bertz CT molecular complexity index is 501. The number of rotatable bonds is 6. The van der Waals surface area contributed by atoms with Crippen LogP contribution in [0.2, 0.25) is 0 Å². The summed E-state index contributed by atoms with van der Waals surface area (Å²) in [6.07, 6.45) is 5.80. The van der Waals surface area contributed by atoms with Crippen molar-refractivity contribution < 1.29 is 4.79 Å². The second-order valence-electron chi connectivity index (χ2n) is 6.66. The van der Waals surface area contributed by atoms with Gasteiger partial charge in [-0.25, -0.2) is 0 Å². The van der Waals surface area contributed by atoms with Gasteiger partial charge < -0.3 is 5.32 Å². The maximum atomic E-state index is 12.7. The first kappa shape index (κ1) is 17.0. The number of carbonyl (C=O) groups excluding carboxylic acids is 1. The largest absolute Gasteiger partial charge is 0.324 e. The van der Waals surface area contributed by atoms with Gasteiger partial charge in [-0.1, -0.05) is 37.5 Å². The monoisotopic (exact) mass is 302 g/mol. The van der Waals surface area contributed by atoms with E-state index in [2.05, 4.69) is 50.0 Å². The van der Waals surface area contributed by atoms with E-state index in [1.807, 2.05) is 0 Å². The van der Waals surface area contributed by atoms with E-state index in [1.54, 1.807) is 0 Å². The molecule has 3 nitrogen and oxygen atoms in total. The van der Waals surface area contributed by atoms with Crippen molar-refractivity contribution in [3.05, 3.63) is 28.8 Å². The van der Waals surface area contributed by atoms with Crippen LogP contribution in [0.4, 0.5) is 5.69 Å². The van der Waals surface area contributed by atoms with Crippen LogP contribution in [0, 0.1) is 20.8 Å². The van der Waals surface area contributed by atoms with Crippen molar-refractivity contribution in [1.29, 1.82) is 0 Å². The molecule has 22 heavy (non-hydrogen) atoms. The number of unbranched alkanes of at least 4 members (excludes halogenated alkanes) is 2. The second kappa shape index (κ2) is 7.77. The van der Waals surface area contributed by atoms with Gasteiger partial charge >= 0.3 is 0 Å². The Morgan fingerprint density at radius 2 is 1.91 bits per heavy atom. The minimum absolute atomic E-state index is 0.0527. The summed E-state index contributed by atoms with van der Waals surface area (Å²) in [4.78, 5) is 15.1. The SMILES string of the molecule is CCCCCN1CCCC1C(=O)Nc1c(C)cc(C)cc1C. The molecule has 0 bridgehead atoms. The normalized spacial score (nSPS) is 18.6. The zero-order chi connectivity index (χ0) is 16.1. The van der Waals surface area contributed by atoms with Gasteiger partial charge in [0.2, 0.25) is 5.91 Å². The lowest BCUT2D eigenvalue weighted by molar-refractivity contribution is -0.120. The Morgan fingerprint density at radius 1 is 1.23 bits per heavy atom. The number of amides is 1. The molecular weight excluding hydrogens is 272 g/mol. The van der Waals surface area contributed by atoms with Gasteiger partial charge in [-0.05, 0) is 64.3 Å². The van der Waals surface area contributed by atoms with E-state index in [-0.39, 0.29) is 11.9 Å². The lowest BCUT2D eigenvalue weighted by Crippen LogP contribution is -2.40. The Labute approximate surface area is 135 Å². The van der Waals surface area contributed by atoms with Gasteiger partial charge in [-0.15, -0.1) is 0 Å². The van der Waals surface area contributed by atoms with E-state index in [0.717, 1.165) is 42.7 Å². The first-order chi connectivity index (χ1) is 10.5. The molecule has 0 radical (unpaired) electrons. The van der Waals surface area contributed by atoms with E-state index in [1.165, 1.54) is 24.8 Å². The van der Waals surface area contributed by atoms with Crippen molar-refractivity contribution in [1.82, 2.24) is 4.90 Å². The summed E-state index contributed by atoms with van der Waals surface area (Å²) < 4.78 is 0. The topological polar surface area (TPSA) is 32.3 Å². The third kappa shape index (κ3) is 4.10. The van der Waals surface area contributed by atoms with E-state index in [0.29, 0.717) is 0 Å². The molecule has 2 rings (SSSR count). The lowest BCUT2D eigenvalue weighted by Gasteiger charge is -2.24. The fourth-order valence-electron chi connectivity index (χ4n) is 3.54. The molecule has 0 spiro atoms. The fraction of sp³-hybridized carbons (Fsp3) is 0.632. The van der Waals surface area contributed by atoms with E-state index in [4.69, 9.17) is 0 Å². The first-order valence-corrected chi connectivity index (χ1v) is 8.65. The molecule has 122 valence electrons. The number of benzene rings is 1. The molecule has 1 unspecified atom stereocenters. The highest BCUT2D eigenvalue weighted by molar-refractivity contribution is 5.96. The second-order valence-corrected chi connectivity index (χ2v) is 6.66. The van der Waals surface area contributed by atoms with Crippen LogP contribution in [0.25, 0.3) is 0 Å². The van der Waals surface area contributed by atoms with Crippen molar-refractivity contribution in [2.75, 3.05) is 18.4 Å². The summed E-state index contributed by atoms with van der Waals surface area (Å²) in [7, 11) is 0. The van der Waals surface area contributed by atoms with Crippen LogP contribution in [0.3, 0.4) is 0 Å². The number of likely N-dealkylation sites (tertiary alicyclic amines) is 1. The van der Waals surface area contributed by atoms with Gasteiger partial charge in [0.25, 0.3) is 0 Å². The van der Waals surface area contributed by atoms with Crippen molar-refractivity contribution in [3.63, 3.8) is 0 Å². The van der Waals surface area contributed by atoms with Crippen LogP contribution in [0.5, 0.6) is 0 Å². The van der Waals surface area contributed by atoms with Gasteiger partial charge in [0, 0.05) is 5.69 Å². The average molecular weight is 302 g/mol. The van der Waals surface area contributed by atoms with Crippen molar-refractivity contribution >= 4 is 11.6 Å². The van der Waals surface area contributed by atoms with E-state index >= 15 is 0 Å². The molecule has 1 aromatic rings. The molecule has 1 aromatic carbocycles. The minimum atomic E-state index is 0.0527. The van der Waals surface area contributed by atoms with Crippen LogP contribution < -0.4 is 5.32 Å². The number of hydrogen-bond acceptors (Lipinski definition) is 2. The van der Waals surface area contributed by atoms with Crippen LogP contribution in [-0.2, 0) is 4.79 Å². The zero-order valence-electron chi connectivity index (χ0n) is 14.5. The molecule has 1 fully saturated rings. The zero-order valence-corrected chi connectivity index (χ0v) is 14.5. The molecular formula is C19H30N2O. The average Bonchev–Trinajstić information content (AvgIpc) is 2.91. The Kier molecular flexibility index (Phi) is 6.01. The van der Waals surface area contributed by atoms with Crippen molar-refractivity contribution in [3.8, 4) is 0 Å². The molecule has 1 N–H and O–H groups in total. The number of nitrogens with one attached hydrogen (secondary N) is 1. The third-order valence-electron chi connectivity index (χ3n) is 4.64. The molecule has 1 saturated heterocycles. The quantitative estimate of drug-likeness (QED) is 0.799. The Hall–Kier alpha value is -1.35. The van der Waals surface area contributed by atoms with Crippen LogP contribution in [-0.4, -0.2) is 29.9 Å². The summed E-state index contributed by atoms with van der Waals surface area (Å²) >= 11 is 0. The number of hydrogen-bond donors (Lipinski definition) is 1. The van der Waals surface area contributed by atoms with Gasteiger partial charge in [0.05, 0.1) is 6.04 Å². The summed E-state index contributed by atoms with van der Waals surface area (Å²) in [5.41, 5.74) is 4.55. The molecule has 1 amide bonds. The van der Waals surface area contributed by atoms with E-state index < -0.39 is 0 Å². The third-order valence-corrected chi connectivity index (χ3v) is 4.64. The molecule has 1 heterocycles. The predicted molar refractivity (Wildman–Crippen MR) is 93.4 cm³/mol. The van der Waals surface area contributed by atoms with Crippen LogP contribution in [0.15, 0.2) is 12.1 Å². The van der Waals surface area contributed by atoms with Crippen LogP contribution >= 0.6 is 0 Å². The first-order valence-electron chi connectivity index (χ1n) is 8.65. The Balaban J connectivity index is 2.02. The smallest absolute Gasteiger partial charge is 0.241 e. The lowest BCUT2D eigenvalue weighted by atomic mass is 10.0. The highest BCUT2D eigenvalue weighted by atomic mass is 16.2. The molecule has 0 aromatic heterocycles. The van der Waals surface area contributed by atoms with Crippen LogP contribution in [0.1, 0.15) is 55.7 Å². The van der Waals surface area contributed by atoms with Crippen molar-refractivity contribution in [2.45, 2.75) is 65.8 Å². The summed E-state index contributed by atoms with van der Waals surface area (Å²) in [6, 6.07) is 4.32. The maximum Gasteiger partial charge on any atom is 0.241 e. The molecule has 0 aliphatic carbocycles. The molecule has 1 aliphatic rings. The van der Waals surface area contributed by atoms with Crippen molar-refractivity contribution in [2.24, 2.45) is 0 Å². The number of nitrogens with zero attached hydrogens (tertiary/aromatic N) is 1. The number of aryl methyl sites for hydroxylation is 3. The van der Waals surface area contributed by atoms with Gasteiger partial charge in [-0.2, -0.15) is 0 Å². The predicted octanol–water partition coefficient (Wildman–Crippen LogP) is 4.20. The standard InChI is InChI=1S/C19H30N2O/c1-5-6-7-10-21-11-8-9-17(21)19(22)20-18-15(3)12-14(2)13-16(18)4/h12-13,17H,5-11H2,1-4H3,(H,20,22). The molecule has 3 heteroatoms. The highest BCUT2D eigenvalue weighted by Crippen LogP contribution is 2.24. The maximum absolute atomic E-state index is 12.7. The number of anilines is 1. The minimum Gasteiger partial charge on any atom is -0.324 e. The number of carbonyl (C=O) groups is 1. The molecule has 1 atom stereocenters. The Morgan fingerprint density at radius 3 is 2.55 bits per heavy atom. The van der Waals surface area contributed by atoms with Gasteiger partial charge in [0.15, 0.2) is 0 Å². The van der Waals surface area contributed by atoms with Gasteiger partial charge in [0.1, 0.15) is 0 Å².